The van der Waals surface area contributed by atoms with Crippen molar-refractivity contribution in [1.29, 1.82) is 0 Å². The summed E-state index contributed by atoms with van der Waals surface area (Å²) >= 11 is 0. The SMILES string of the molecule is CNc1cc(NC(C)C(N)=O)ncn1. The molecule has 0 bridgehead atoms. The van der Waals surface area contributed by atoms with Gasteiger partial charge in [-0.15, -0.1) is 0 Å². The molecule has 14 heavy (non-hydrogen) atoms. The van der Waals surface area contributed by atoms with Gasteiger partial charge in [-0.2, -0.15) is 0 Å². The highest BCUT2D eigenvalue weighted by Gasteiger charge is 2.08. The summed E-state index contributed by atoms with van der Waals surface area (Å²) < 4.78 is 0. The maximum Gasteiger partial charge on any atom is 0.239 e. The summed E-state index contributed by atoms with van der Waals surface area (Å²) in [6.45, 7) is 1.67. The van der Waals surface area contributed by atoms with Crippen molar-refractivity contribution >= 4 is 17.5 Å². The lowest BCUT2D eigenvalue weighted by Crippen LogP contribution is -2.32. The van der Waals surface area contributed by atoms with Crippen molar-refractivity contribution in [3.05, 3.63) is 12.4 Å². The number of rotatable bonds is 4. The molecule has 0 radical (unpaired) electrons. The molecule has 1 rings (SSSR count). The van der Waals surface area contributed by atoms with Crippen LogP contribution in [-0.4, -0.2) is 29.0 Å². The number of aromatic nitrogens is 2. The Morgan fingerprint density at radius 1 is 1.50 bits per heavy atom. The van der Waals surface area contributed by atoms with Crippen LogP contribution in [0.4, 0.5) is 11.6 Å². The minimum atomic E-state index is -0.449. The van der Waals surface area contributed by atoms with Crippen LogP contribution in [0.3, 0.4) is 0 Å². The molecule has 6 nitrogen and oxygen atoms in total. The second-order valence-electron chi connectivity index (χ2n) is 2.81. The van der Waals surface area contributed by atoms with E-state index >= 15 is 0 Å². The van der Waals surface area contributed by atoms with E-state index in [1.807, 2.05) is 0 Å². The van der Waals surface area contributed by atoms with Gasteiger partial charge in [-0.3, -0.25) is 4.79 Å². The largest absolute Gasteiger partial charge is 0.373 e. The van der Waals surface area contributed by atoms with E-state index in [-0.39, 0.29) is 0 Å². The number of nitrogens with one attached hydrogen (secondary N) is 2. The number of carbonyl (C=O) groups is 1. The summed E-state index contributed by atoms with van der Waals surface area (Å²) in [4.78, 5) is 18.6. The molecule has 76 valence electrons. The monoisotopic (exact) mass is 195 g/mol. The van der Waals surface area contributed by atoms with Crippen molar-refractivity contribution in [3.63, 3.8) is 0 Å². The van der Waals surface area contributed by atoms with E-state index in [0.717, 1.165) is 0 Å². The van der Waals surface area contributed by atoms with Crippen molar-refractivity contribution in [3.8, 4) is 0 Å². The van der Waals surface area contributed by atoms with Gasteiger partial charge < -0.3 is 16.4 Å². The molecule has 1 heterocycles. The van der Waals surface area contributed by atoms with E-state index in [2.05, 4.69) is 20.6 Å². The summed E-state index contributed by atoms with van der Waals surface area (Å²) in [5.74, 6) is 0.824. The average molecular weight is 195 g/mol. The molecule has 1 amide bonds. The zero-order valence-electron chi connectivity index (χ0n) is 8.11. The molecule has 1 atom stereocenters. The molecule has 1 unspecified atom stereocenters. The van der Waals surface area contributed by atoms with E-state index in [1.54, 1.807) is 20.0 Å². The smallest absolute Gasteiger partial charge is 0.239 e. The predicted octanol–water partition coefficient (Wildman–Crippen LogP) is -0.196. The van der Waals surface area contributed by atoms with Crippen molar-refractivity contribution in [2.45, 2.75) is 13.0 Å². The number of carbonyl (C=O) groups excluding carboxylic acids is 1. The molecule has 0 saturated carbocycles. The van der Waals surface area contributed by atoms with Gasteiger partial charge in [0.2, 0.25) is 5.91 Å². The highest BCUT2D eigenvalue weighted by Crippen LogP contribution is 2.08. The molecule has 0 aliphatic heterocycles. The van der Waals surface area contributed by atoms with Crippen LogP contribution in [0, 0.1) is 0 Å². The number of hydrogen-bond acceptors (Lipinski definition) is 5. The third-order valence-electron chi connectivity index (χ3n) is 1.71. The maximum atomic E-state index is 10.8. The van der Waals surface area contributed by atoms with E-state index in [4.69, 9.17) is 5.73 Å². The second kappa shape index (κ2) is 4.40. The Bertz CT molecular complexity index is 327. The number of nitrogens with two attached hydrogens (primary N) is 1. The number of hydrogen-bond donors (Lipinski definition) is 3. The molecule has 4 N–H and O–H groups in total. The van der Waals surface area contributed by atoms with Crippen LogP contribution in [0.5, 0.6) is 0 Å². The van der Waals surface area contributed by atoms with Crippen molar-refractivity contribution < 1.29 is 4.79 Å². The molecule has 0 saturated heterocycles. The third-order valence-corrected chi connectivity index (χ3v) is 1.71. The molecule has 1 aromatic rings. The van der Waals surface area contributed by atoms with E-state index < -0.39 is 11.9 Å². The minimum absolute atomic E-state index is 0.422. The van der Waals surface area contributed by atoms with Crippen LogP contribution in [0.1, 0.15) is 6.92 Å². The fraction of sp³-hybridized carbons (Fsp3) is 0.375. The molecular formula is C8H13N5O. The molecule has 0 fully saturated rings. The van der Waals surface area contributed by atoms with Crippen LogP contribution in [0.15, 0.2) is 12.4 Å². The molecule has 0 aliphatic carbocycles. The first kappa shape index (κ1) is 10.2. The van der Waals surface area contributed by atoms with Crippen molar-refractivity contribution in [2.75, 3.05) is 17.7 Å². The number of primary amides is 1. The molecule has 0 aromatic carbocycles. The summed E-state index contributed by atoms with van der Waals surface area (Å²) in [7, 11) is 1.75. The highest BCUT2D eigenvalue weighted by atomic mass is 16.1. The Morgan fingerprint density at radius 3 is 2.71 bits per heavy atom. The van der Waals surface area contributed by atoms with Gasteiger partial charge >= 0.3 is 0 Å². The van der Waals surface area contributed by atoms with Gasteiger partial charge in [0.05, 0.1) is 0 Å². The van der Waals surface area contributed by atoms with Crippen LogP contribution in [0.2, 0.25) is 0 Å². The Balaban J connectivity index is 2.71. The fourth-order valence-corrected chi connectivity index (χ4v) is 0.866. The average Bonchev–Trinajstić information content (AvgIpc) is 2.18. The number of nitrogens with zero attached hydrogens (tertiary/aromatic N) is 2. The molecule has 0 spiro atoms. The van der Waals surface area contributed by atoms with Gasteiger partial charge in [0, 0.05) is 13.1 Å². The first-order chi connectivity index (χ1) is 6.63. The van der Waals surface area contributed by atoms with E-state index in [9.17, 15) is 4.79 Å². The predicted molar refractivity (Wildman–Crippen MR) is 53.9 cm³/mol. The van der Waals surface area contributed by atoms with E-state index in [0.29, 0.717) is 11.6 Å². The quantitative estimate of drug-likeness (QED) is 0.619. The Labute approximate surface area is 81.9 Å². The topological polar surface area (TPSA) is 92.9 Å². The van der Waals surface area contributed by atoms with Gasteiger partial charge in [0.1, 0.15) is 24.0 Å². The summed E-state index contributed by atoms with van der Waals surface area (Å²) in [6, 6.07) is 1.24. The standard InChI is InChI=1S/C8H13N5O/c1-5(8(9)14)13-7-3-6(10-2)11-4-12-7/h3-5H,1-2H3,(H2,9,14)(H2,10,11,12,13). The zero-order valence-corrected chi connectivity index (χ0v) is 8.11. The summed E-state index contributed by atoms with van der Waals surface area (Å²) in [5.41, 5.74) is 5.09. The number of anilines is 2. The van der Waals surface area contributed by atoms with Crippen LogP contribution < -0.4 is 16.4 Å². The van der Waals surface area contributed by atoms with Gasteiger partial charge in [-0.05, 0) is 6.92 Å². The molecular weight excluding hydrogens is 182 g/mol. The second-order valence-corrected chi connectivity index (χ2v) is 2.81. The highest BCUT2D eigenvalue weighted by molar-refractivity contribution is 5.82. The lowest BCUT2D eigenvalue weighted by molar-refractivity contribution is -0.118. The van der Waals surface area contributed by atoms with Crippen LogP contribution in [-0.2, 0) is 4.79 Å². The zero-order chi connectivity index (χ0) is 10.6. The lowest BCUT2D eigenvalue weighted by Gasteiger charge is -2.10. The maximum absolute atomic E-state index is 10.8. The van der Waals surface area contributed by atoms with Gasteiger partial charge in [0.15, 0.2) is 0 Å². The molecule has 1 aromatic heterocycles. The minimum Gasteiger partial charge on any atom is -0.373 e. The Morgan fingerprint density at radius 2 is 2.14 bits per heavy atom. The lowest BCUT2D eigenvalue weighted by atomic mass is 10.3. The summed E-state index contributed by atoms with van der Waals surface area (Å²) in [6.07, 6.45) is 1.40. The van der Waals surface area contributed by atoms with Crippen molar-refractivity contribution in [2.24, 2.45) is 5.73 Å². The van der Waals surface area contributed by atoms with Gasteiger partial charge in [0.25, 0.3) is 0 Å². The molecule has 0 aliphatic rings. The van der Waals surface area contributed by atoms with E-state index in [1.165, 1.54) is 6.33 Å². The Hall–Kier alpha value is -1.85. The number of amides is 1. The first-order valence-electron chi connectivity index (χ1n) is 4.19. The third kappa shape index (κ3) is 2.58. The van der Waals surface area contributed by atoms with Crippen molar-refractivity contribution in [1.82, 2.24) is 9.97 Å². The molecule has 6 heteroatoms. The van der Waals surface area contributed by atoms with Crippen LogP contribution >= 0.6 is 0 Å². The van der Waals surface area contributed by atoms with Crippen LogP contribution in [0.25, 0.3) is 0 Å². The first-order valence-corrected chi connectivity index (χ1v) is 4.19. The normalized spacial score (nSPS) is 11.9. The summed E-state index contributed by atoms with van der Waals surface area (Å²) in [5, 5.41) is 5.71. The fourth-order valence-electron chi connectivity index (χ4n) is 0.866. The van der Waals surface area contributed by atoms with Gasteiger partial charge in [-0.25, -0.2) is 9.97 Å². The Kier molecular flexibility index (Phi) is 3.22. The van der Waals surface area contributed by atoms with Gasteiger partial charge in [-0.1, -0.05) is 0 Å².